The molecule has 0 fully saturated rings. The number of benzene rings is 7. The average Bonchev–Trinajstić information content (AvgIpc) is 3.37. The summed E-state index contributed by atoms with van der Waals surface area (Å²) in [6, 6.07) is 48.7. The summed E-state index contributed by atoms with van der Waals surface area (Å²) in [6.07, 6.45) is 3.78. The highest BCUT2D eigenvalue weighted by molar-refractivity contribution is 6.29. The third-order valence-corrected chi connectivity index (χ3v) is 8.65. The summed E-state index contributed by atoms with van der Waals surface area (Å²) < 4.78 is 2.46. The molecule has 2 nitrogen and oxygen atoms in total. The van der Waals surface area contributed by atoms with Crippen molar-refractivity contribution in [3.8, 4) is 16.8 Å². The summed E-state index contributed by atoms with van der Waals surface area (Å²) in [7, 11) is 0. The highest BCUT2D eigenvalue weighted by Crippen LogP contribution is 2.42. The standard InChI is InChI=1S/C39H24N2/c1-3-14-30-28(12-1)29-13-2-4-15-31(29)35-23-39-36(22-34(30)35)33-17-7-8-18-37(33)41(39)38-20-19-26(25-10-9-21-40-24-25)27-11-5-6-16-32(27)38/h1-24H. The van der Waals surface area contributed by atoms with Crippen molar-refractivity contribution in [1.29, 1.82) is 0 Å². The molecular formula is C39H24N2. The number of hydrogen-bond acceptors (Lipinski definition) is 1. The van der Waals surface area contributed by atoms with Crippen LogP contribution in [0.4, 0.5) is 0 Å². The highest BCUT2D eigenvalue weighted by atomic mass is 15.0. The van der Waals surface area contributed by atoms with Crippen LogP contribution in [0.1, 0.15) is 0 Å². The van der Waals surface area contributed by atoms with Gasteiger partial charge in [0.05, 0.1) is 16.7 Å². The van der Waals surface area contributed by atoms with Crippen LogP contribution in [-0.2, 0) is 0 Å². The van der Waals surface area contributed by atoms with Crippen LogP contribution in [0, 0.1) is 0 Å². The fraction of sp³-hybridized carbons (Fsp3) is 0. The molecule has 0 saturated heterocycles. The summed E-state index contributed by atoms with van der Waals surface area (Å²) in [6.45, 7) is 0. The summed E-state index contributed by atoms with van der Waals surface area (Å²) in [4.78, 5) is 4.39. The predicted octanol–water partition coefficient (Wildman–Crippen LogP) is 10.5. The second-order valence-corrected chi connectivity index (χ2v) is 10.8. The topological polar surface area (TPSA) is 17.8 Å². The molecular weight excluding hydrogens is 496 g/mol. The molecule has 7 aromatic carbocycles. The SMILES string of the molecule is c1cncc(-c2ccc(-n3c4ccccc4c4cc5c6ccccc6c6ccccc6c5cc43)c3ccccc23)c1. The Labute approximate surface area is 236 Å². The number of aromatic nitrogens is 2. The molecule has 9 rings (SSSR count). The van der Waals surface area contributed by atoms with Crippen LogP contribution in [0.2, 0.25) is 0 Å². The quantitative estimate of drug-likeness (QED) is 0.207. The van der Waals surface area contributed by atoms with Gasteiger partial charge in [-0.05, 0) is 73.6 Å². The van der Waals surface area contributed by atoms with Gasteiger partial charge in [0.25, 0.3) is 0 Å². The minimum absolute atomic E-state index is 1.13. The minimum atomic E-state index is 1.13. The lowest BCUT2D eigenvalue weighted by Gasteiger charge is -2.15. The van der Waals surface area contributed by atoms with Gasteiger partial charge in [-0.3, -0.25) is 4.98 Å². The second-order valence-electron chi connectivity index (χ2n) is 10.8. The first-order valence-electron chi connectivity index (χ1n) is 14.1. The lowest BCUT2D eigenvalue weighted by atomic mass is 9.93. The molecule has 41 heavy (non-hydrogen) atoms. The Morgan fingerprint density at radius 1 is 0.390 bits per heavy atom. The van der Waals surface area contributed by atoms with Crippen LogP contribution in [-0.4, -0.2) is 9.55 Å². The van der Waals surface area contributed by atoms with Crippen LogP contribution in [0.25, 0.3) is 81.7 Å². The highest BCUT2D eigenvalue weighted by Gasteiger charge is 2.18. The molecule has 0 spiro atoms. The Hall–Kier alpha value is -5.47. The average molecular weight is 521 g/mol. The normalized spacial score (nSPS) is 11.9. The van der Waals surface area contributed by atoms with E-state index < -0.39 is 0 Å². The lowest BCUT2D eigenvalue weighted by molar-refractivity contribution is 1.20. The molecule has 0 aliphatic heterocycles. The van der Waals surface area contributed by atoms with E-state index in [1.54, 1.807) is 0 Å². The first-order valence-corrected chi connectivity index (χ1v) is 14.1. The van der Waals surface area contributed by atoms with Gasteiger partial charge in [0.15, 0.2) is 0 Å². The van der Waals surface area contributed by atoms with E-state index in [-0.39, 0.29) is 0 Å². The molecule has 0 amide bonds. The summed E-state index contributed by atoms with van der Waals surface area (Å²) in [5, 5.41) is 12.7. The van der Waals surface area contributed by atoms with Gasteiger partial charge >= 0.3 is 0 Å². The monoisotopic (exact) mass is 520 g/mol. The van der Waals surface area contributed by atoms with Crippen molar-refractivity contribution in [3.05, 3.63) is 146 Å². The maximum Gasteiger partial charge on any atom is 0.0547 e. The molecule has 0 aliphatic rings. The number of fused-ring (bicyclic) bond motifs is 10. The lowest BCUT2D eigenvalue weighted by Crippen LogP contribution is -1.96. The van der Waals surface area contributed by atoms with Crippen molar-refractivity contribution in [2.75, 3.05) is 0 Å². The molecule has 0 N–H and O–H groups in total. The van der Waals surface area contributed by atoms with Crippen LogP contribution in [0.15, 0.2) is 146 Å². The molecule has 0 radical (unpaired) electrons. The first-order chi connectivity index (χ1) is 20.4. The van der Waals surface area contributed by atoms with Crippen molar-refractivity contribution < 1.29 is 0 Å². The van der Waals surface area contributed by atoms with Crippen LogP contribution < -0.4 is 0 Å². The molecule has 0 unspecified atom stereocenters. The van der Waals surface area contributed by atoms with E-state index in [0.29, 0.717) is 0 Å². The maximum atomic E-state index is 4.39. The van der Waals surface area contributed by atoms with E-state index in [4.69, 9.17) is 0 Å². The molecule has 2 heterocycles. The number of nitrogens with zero attached hydrogens (tertiary/aromatic N) is 2. The Morgan fingerprint density at radius 2 is 0.976 bits per heavy atom. The third kappa shape index (κ3) is 3.16. The first kappa shape index (κ1) is 22.4. The van der Waals surface area contributed by atoms with Crippen molar-refractivity contribution in [2.45, 2.75) is 0 Å². The Balaban J connectivity index is 1.46. The van der Waals surface area contributed by atoms with Gasteiger partial charge in [0.2, 0.25) is 0 Å². The number of para-hydroxylation sites is 1. The van der Waals surface area contributed by atoms with Gasteiger partial charge in [0.1, 0.15) is 0 Å². The van der Waals surface area contributed by atoms with Gasteiger partial charge in [-0.2, -0.15) is 0 Å². The molecule has 2 aromatic heterocycles. The minimum Gasteiger partial charge on any atom is -0.309 e. The van der Waals surface area contributed by atoms with Gasteiger partial charge in [-0.15, -0.1) is 0 Å². The number of hydrogen-bond donors (Lipinski definition) is 0. The van der Waals surface area contributed by atoms with Crippen molar-refractivity contribution in [2.24, 2.45) is 0 Å². The molecule has 0 atom stereocenters. The van der Waals surface area contributed by atoms with Crippen LogP contribution in [0.5, 0.6) is 0 Å². The summed E-state index contributed by atoms with van der Waals surface area (Å²) >= 11 is 0. The van der Waals surface area contributed by atoms with Gasteiger partial charge < -0.3 is 4.57 Å². The molecule has 2 heteroatoms. The van der Waals surface area contributed by atoms with Crippen molar-refractivity contribution in [3.63, 3.8) is 0 Å². The smallest absolute Gasteiger partial charge is 0.0547 e. The maximum absolute atomic E-state index is 4.39. The van der Waals surface area contributed by atoms with E-state index in [1.807, 2.05) is 18.5 Å². The van der Waals surface area contributed by atoms with Gasteiger partial charge in [-0.25, -0.2) is 0 Å². The number of pyridine rings is 1. The zero-order valence-corrected chi connectivity index (χ0v) is 22.3. The van der Waals surface area contributed by atoms with E-state index >= 15 is 0 Å². The fourth-order valence-corrected chi connectivity index (χ4v) is 6.88. The van der Waals surface area contributed by atoms with E-state index in [1.165, 1.54) is 76.1 Å². The molecule has 0 saturated carbocycles. The Bertz CT molecular complexity index is 2470. The predicted molar refractivity (Wildman–Crippen MR) is 174 cm³/mol. The van der Waals surface area contributed by atoms with Crippen LogP contribution in [0.3, 0.4) is 0 Å². The fourth-order valence-electron chi connectivity index (χ4n) is 6.88. The van der Waals surface area contributed by atoms with E-state index in [9.17, 15) is 0 Å². The van der Waals surface area contributed by atoms with Crippen molar-refractivity contribution >= 4 is 64.9 Å². The zero-order chi connectivity index (χ0) is 26.9. The summed E-state index contributed by atoms with van der Waals surface area (Å²) in [5.41, 5.74) is 5.94. The van der Waals surface area contributed by atoms with Gasteiger partial charge in [0, 0.05) is 34.1 Å². The van der Waals surface area contributed by atoms with E-state index in [2.05, 4.69) is 137 Å². The Kier molecular flexibility index (Phi) is 4.64. The zero-order valence-electron chi connectivity index (χ0n) is 22.3. The molecule has 9 aromatic rings. The van der Waals surface area contributed by atoms with Crippen molar-refractivity contribution in [1.82, 2.24) is 9.55 Å². The Morgan fingerprint density at radius 3 is 1.66 bits per heavy atom. The molecule has 0 aliphatic carbocycles. The molecule has 190 valence electrons. The third-order valence-electron chi connectivity index (χ3n) is 8.65. The van der Waals surface area contributed by atoms with Gasteiger partial charge in [-0.1, -0.05) is 103 Å². The number of rotatable bonds is 2. The van der Waals surface area contributed by atoms with Crippen LogP contribution >= 0.6 is 0 Å². The second kappa shape index (κ2) is 8.51. The summed E-state index contributed by atoms with van der Waals surface area (Å²) in [5.74, 6) is 0. The van der Waals surface area contributed by atoms with E-state index in [0.717, 1.165) is 5.56 Å². The largest absolute Gasteiger partial charge is 0.309 e. The molecule has 0 bridgehead atoms.